The number of carbonyl (C=O) groups excluding carboxylic acids is 2. The van der Waals surface area contributed by atoms with Crippen molar-refractivity contribution in [2.75, 3.05) is 11.1 Å². The molecular weight excluding hydrogens is 508 g/mol. The number of anilines is 1. The summed E-state index contributed by atoms with van der Waals surface area (Å²) < 4.78 is 5.37. The van der Waals surface area contributed by atoms with E-state index in [1.807, 2.05) is 30.3 Å². The van der Waals surface area contributed by atoms with Crippen LogP contribution >= 0.6 is 23.4 Å². The molecule has 1 amide bonds. The quantitative estimate of drug-likeness (QED) is 0.368. The van der Waals surface area contributed by atoms with Crippen molar-refractivity contribution in [3.8, 4) is 6.07 Å². The van der Waals surface area contributed by atoms with Gasteiger partial charge in [0.2, 0.25) is 0 Å². The predicted octanol–water partition coefficient (Wildman–Crippen LogP) is 5.55. The Labute approximate surface area is 224 Å². The van der Waals surface area contributed by atoms with Gasteiger partial charge in [0.1, 0.15) is 6.61 Å². The number of rotatable bonds is 8. The molecule has 1 aliphatic rings. The number of allylic oxidation sites excluding steroid dienone is 2. The number of dihydropyridines is 1. The summed E-state index contributed by atoms with van der Waals surface area (Å²) in [6.07, 6.45) is 3.23. The Hall–Kier alpha value is -4.06. The Bertz CT molecular complexity index is 1380. The topological polar surface area (TPSA) is 104 Å². The molecule has 186 valence electrons. The molecule has 0 bridgehead atoms. The smallest absolute Gasteiger partial charge is 0.316 e. The lowest BCUT2D eigenvalue weighted by Gasteiger charge is -2.29. The fourth-order valence-electron chi connectivity index (χ4n) is 3.86. The average Bonchev–Trinajstić information content (AvgIpc) is 2.92. The van der Waals surface area contributed by atoms with Crippen LogP contribution in [0.15, 0.2) is 101 Å². The third-order valence-corrected chi connectivity index (χ3v) is 6.85. The molecule has 9 heteroatoms. The van der Waals surface area contributed by atoms with Crippen molar-refractivity contribution in [2.45, 2.75) is 19.4 Å². The summed E-state index contributed by atoms with van der Waals surface area (Å²) in [5.74, 6) is -1.41. The highest BCUT2D eigenvalue weighted by atomic mass is 35.5. The molecule has 1 aromatic heterocycles. The molecule has 37 heavy (non-hydrogen) atoms. The highest BCUT2D eigenvalue weighted by Gasteiger charge is 2.35. The van der Waals surface area contributed by atoms with Crippen LogP contribution in [0.3, 0.4) is 0 Å². The molecule has 0 aliphatic carbocycles. The van der Waals surface area contributed by atoms with Crippen LogP contribution in [0.2, 0.25) is 5.02 Å². The lowest BCUT2D eigenvalue weighted by Crippen LogP contribution is -2.31. The van der Waals surface area contributed by atoms with Gasteiger partial charge in [-0.1, -0.05) is 53.7 Å². The van der Waals surface area contributed by atoms with E-state index in [4.69, 9.17) is 16.3 Å². The van der Waals surface area contributed by atoms with Crippen LogP contribution in [0.5, 0.6) is 0 Å². The Kier molecular flexibility index (Phi) is 8.62. The summed E-state index contributed by atoms with van der Waals surface area (Å²) in [5.41, 5.74) is 3.51. The van der Waals surface area contributed by atoms with Gasteiger partial charge >= 0.3 is 5.97 Å². The Balaban J connectivity index is 1.56. The second-order valence-corrected chi connectivity index (χ2v) is 9.55. The van der Waals surface area contributed by atoms with Crippen molar-refractivity contribution >= 4 is 40.9 Å². The zero-order chi connectivity index (χ0) is 26.2. The van der Waals surface area contributed by atoms with Crippen molar-refractivity contribution < 1.29 is 14.3 Å². The number of pyridine rings is 1. The van der Waals surface area contributed by atoms with Gasteiger partial charge in [0.05, 0.1) is 28.3 Å². The summed E-state index contributed by atoms with van der Waals surface area (Å²) in [5, 5.41) is 17.3. The monoisotopic (exact) mass is 530 g/mol. The van der Waals surface area contributed by atoms with Gasteiger partial charge in [-0.2, -0.15) is 5.26 Å². The van der Waals surface area contributed by atoms with Crippen molar-refractivity contribution in [3.63, 3.8) is 0 Å². The van der Waals surface area contributed by atoms with E-state index >= 15 is 0 Å². The highest BCUT2D eigenvalue weighted by molar-refractivity contribution is 8.03. The number of carbonyl (C=O) groups is 2. The number of thioether (sulfide) groups is 1. The van der Waals surface area contributed by atoms with Crippen LogP contribution in [0, 0.1) is 11.3 Å². The molecule has 0 fully saturated rings. The number of nitrogens with one attached hydrogen (secondary N) is 2. The van der Waals surface area contributed by atoms with Crippen LogP contribution < -0.4 is 10.6 Å². The van der Waals surface area contributed by atoms with Crippen LogP contribution in [-0.2, 0) is 20.9 Å². The molecule has 4 rings (SSSR count). The summed E-state index contributed by atoms with van der Waals surface area (Å²) in [6.45, 7) is 1.94. The third-order valence-electron chi connectivity index (χ3n) is 5.61. The van der Waals surface area contributed by atoms with Gasteiger partial charge in [0, 0.05) is 34.4 Å². The summed E-state index contributed by atoms with van der Waals surface area (Å²) >= 11 is 7.13. The van der Waals surface area contributed by atoms with E-state index in [1.165, 1.54) is 11.8 Å². The van der Waals surface area contributed by atoms with E-state index in [2.05, 4.69) is 21.7 Å². The zero-order valence-electron chi connectivity index (χ0n) is 19.9. The first-order valence-electron chi connectivity index (χ1n) is 11.4. The number of hydrogen-bond acceptors (Lipinski definition) is 7. The normalized spacial score (nSPS) is 15.0. The van der Waals surface area contributed by atoms with Gasteiger partial charge in [-0.25, -0.2) is 0 Å². The SMILES string of the molecule is CC1=C(C(=O)Nc2ccc(Cl)cc2)C(c2ccncc2)C(C#N)=C(SCC(=O)OCc2ccccc2)N1. The molecule has 1 atom stereocenters. The Morgan fingerprint density at radius 2 is 1.81 bits per heavy atom. The minimum Gasteiger partial charge on any atom is -0.460 e. The Morgan fingerprint density at radius 1 is 1.11 bits per heavy atom. The second kappa shape index (κ2) is 12.3. The molecule has 3 aromatic rings. The number of benzene rings is 2. The molecule has 0 saturated carbocycles. The summed E-state index contributed by atoms with van der Waals surface area (Å²) in [4.78, 5) is 29.9. The van der Waals surface area contributed by atoms with Gasteiger partial charge in [0.25, 0.3) is 5.91 Å². The van der Waals surface area contributed by atoms with Crippen molar-refractivity contribution in [2.24, 2.45) is 0 Å². The average molecular weight is 531 g/mol. The fraction of sp³-hybridized carbons (Fsp3) is 0.143. The minimum atomic E-state index is -0.649. The van der Waals surface area contributed by atoms with E-state index in [1.54, 1.807) is 55.7 Å². The van der Waals surface area contributed by atoms with Gasteiger partial charge < -0.3 is 15.4 Å². The lowest BCUT2D eigenvalue weighted by molar-refractivity contribution is -0.141. The molecule has 0 radical (unpaired) electrons. The highest BCUT2D eigenvalue weighted by Crippen LogP contribution is 2.40. The maximum Gasteiger partial charge on any atom is 0.316 e. The molecular formula is C28H23ClN4O3S. The molecule has 2 N–H and O–H groups in total. The molecule has 1 unspecified atom stereocenters. The van der Waals surface area contributed by atoms with E-state index in [-0.39, 0.29) is 18.3 Å². The fourth-order valence-corrected chi connectivity index (χ4v) is 4.87. The number of nitrogens with zero attached hydrogens (tertiary/aromatic N) is 2. The number of aromatic nitrogens is 1. The van der Waals surface area contributed by atoms with Gasteiger partial charge in [-0.05, 0) is 54.4 Å². The van der Waals surface area contributed by atoms with Gasteiger partial charge in [0.15, 0.2) is 0 Å². The maximum atomic E-state index is 13.4. The first-order chi connectivity index (χ1) is 18.0. The molecule has 7 nitrogen and oxygen atoms in total. The van der Waals surface area contributed by atoms with Crippen molar-refractivity contribution in [1.82, 2.24) is 10.3 Å². The number of esters is 1. The largest absolute Gasteiger partial charge is 0.460 e. The van der Waals surface area contributed by atoms with Crippen LogP contribution in [0.4, 0.5) is 5.69 Å². The van der Waals surface area contributed by atoms with E-state index in [0.717, 1.165) is 11.1 Å². The molecule has 1 aliphatic heterocycles. The van der Waals surface area contributed by atoms with Crippen LogP contribution in [0.25, 0.3) is 0 Å². The van der Waals surface area contributed by atoms with Crippen molar-refractivity contribution in [3.05, 3.63) is 117 Å². The lowest BCUT2D eigenvalue weighted by atomic mass is 9.82. The van der Waals surface area contributed by atoms with E-state index in [0.29, 0.717) is 32.6 Å². The Morgan fingerprint density at radius 3 is 2.49 bits per heavy atom. The standard InChI is InChI=1S/C28H23ClN4O3S/c1-18-25(27(35)33-22-9-7-21(29)8-10-22)26(20-11-13-31-14-12-20)23(15-30)28(32-18)37-17-24(34)36-16-19-5-3-2-4-6-19/h2-14,26,32H,16-17H2,1H3,(H,33,35). The second-order valence-electron chi connectivity index (χ2n) is 8.13. The number of amides is 1. The van der Waals surface area contributed by atoms with Crippen LogP contribution in [-0.4, -0.2) is 22.6 Å². The van der Waals surface area contributed by atoms with E-state index in [9.17, 15) is 14.9 Å². The predicted molar refractivity (Wildman–Crippen MR) is 144 cm³/mol. The number of halogens is 1. The van der Waals surface area contributed by atoms with Gasteiger partial charge in [-0.3, -0.25) is 14.6 Å². The zero-order valence-corrected chi connectivity index (χ0v) is 21.5. The molecule has 2 aromatic carbocycles. The third kappa shape index (κ3) is 6.58. The molecule has 0 spiro atoms. The first kappa shape index (κ1) is 26.0. The number of ether oxygens (including phenoxy) is 1. The summed E-state index contributed by atoms with van der Waals surface area (Å²) in [7, 11) is 0. The number of hydrogen-bond donors (Lipinski definition) is 2. The van der Waals surface area contributed by atoms with Crippen molar-refractivity contribution in [1.29, 1.82) is 5.26 Å². The minimum absolute atomic E-state index is 0.00297. The maximum absolute atomic E-state index is 13.4. The van der Waals surface area contributed by atoms with Crippen LogP contribution in [0.1, 0.15) is 24.0 Å². The first-order valence-corrected chi connectivity index (χ1v) is 12.7. The molecule has 2 heterocycles. The molecule has 0 saturated heterocycles. The van der Waals surface area contributed by atoms with Gasteiger partial charge in [-0.15, -0.1) is 0 Å². The summed E-state index contributed by atoms with van der Waals surface area (Å²) in [6, 6.07) is 22.0. The number of nitriles is 1. The van der Waals surface area contributed by atoms with E-state index < -0.39 is 11.9 Å².